The van der Waals surface area contributed by atoms with Crippen LogP contribution < -0.4 is 0 Å². The maximum atomic E-state index is 13.0. The maximum absolute atomic E-state index is 13.0. The summed E-state index contributed by atoms with van der Waals surface area (Å²) in [6, 6.07) is 19.7. The second-order valence-electron chi connectivity index (χ2n) is 5.63. The first-order chi connectivity index (χ1) is 11.8. The molecule has 1 aromatic heterocycles. The van der Waals surface area contributed by atoms with Crippen LogP contribution in [0.1, 0.15) is 21.3 Å². The third kappa shape index (κ3) is 2.83. The number of amides is 1. The molecule has 2 heterocycles. The number of benzene rings is 2. The molecule has 24 heavy (non-hydrogen) atoms. The Morgan fingerprint density at radius 3 is 2.75 bits per heavy atom. The number of aromatic nitrogens is 2. The zero-order valence-corrected chi connectivity index (χ0v) is 13.9. The first kappa shape index (κ1) is 15.0. The molecule has 0 radical (unpaired) electrons. The Morgan fingerprint density at radius 1 is 1.08 bits per heavy atom. The number of carbonyl (C=O) groups excluding carboxylic acids is 1. The molecule has 1 saturated heterocycles. The van der Waals surface area contributed by atoms with Crippen molar-refractivity contribution in [2.75, 3.05) is 12.3 Å². The Labute approximate surface area is 145 Å². The number of nitrogens with zero attached hydrogens (tertiary/aromatic N) is 3. The Bertz CT molecular complexity index is 833. The van der Waals surface area contributed by atoms with E-state index in [0.717, 1.165) is 18.0 Å². The van der Waals surface area contributed by atoms with E-state index in [4.69, 9.17) is 0 Å². The van der Waals surface area contributed by atoms with E-state index in [1.54, 1.807) is 10.9 Å². The molecule has 0 bridgehead atoms. The average Bonchev–Trinajstić information content (AvgIpc) is 3.34. The van der Waals surface area contributed by atoms with E-state index in [1.165, 1.54) is 5.56 Å². The highest BCUT2D eigenvalue weighted by atomic mass is 32.2. The van der Waals surface area contributed by atoms with Crippen molar-refractivity contribution in [2.45, 2.75) is 5.37 Å². The van der Waals surface area contributed by atoms with Crippen LogP contribution in [0, 0.1) is 0 Å². The first-order valence-corrected chi connectivity index (χ1v) is 8.95. The molecule has 2 aromatic carbocycles. The molecule has 0 aliphatic carbocycles. The summed E-state index contributed by atoms with van der Waals surface area (Å²) in [5.41, 5.74) is 2.77. The molecule has 0 N–H and O–H groups in total. The number of hydrogen-bond acceptors (Lipinski definition) is 3. The van der Waals surface area contributed by atoms with Gasteiger partial charge in [0.15, 0.2) is 0 Å². The van der Waals surface area contributed by atoms with Crippen LogP contribution in [0.3, 0.4) is 0 Å². The first-order valence-electron chi connectivity index (χ1n) is 7.90. The van der Waals surface area contributed by atoms with Gasteiger partial charge in [0.1, 0.15) is 5.37 Å². The standard InChI is InChI=1S/C19H17N3OS/c23-18(16-8-4-9-17(14-16)22-11-5-10-20-22)21-12-13-24-19(21)15-6-2-1-3-7-15/h1-11,14,19H,12-13H2. The monoisotopic (exact) mass is 335 g/mol. The summed E-state index contributed by atoms with van der Waals surface area (Å²) in [7, 11) is 0. The molecule has 3 aromatic rings. The van der Waals surface area contributed by atoms with E-state index in [9.17, 15) is 4.79 Å². The average molecular weight is 335 g/mol. The minimum Gasteiger partial charge on any atom is -0.322 e. The molecule has 5 heteroatoms. The van der Waals surface area contributed by atoms with Crippen LogP contribution in [0.15, 0.2) is 73.1 Å². The summed E-state index contributed by atoms with van der Waals surface area (Å²) in [5, 5.41) is 4.32. The molecule has 4 nitrogen and oxygen atoms in total. The zero-order valence-electron chi connectivity index (χ0n) is 13.1. The van der Waals surface area contributed by atoms with E-state index >= 15 is 0 Å². The summed E-state index contributed by atoms with van der Waals surface area (Å²) >= 11 is 1.82. The SMILES string of the molecule is O=C(c1cccc(-n2cccn2)c1)N1CCSC1c1ccccc1. The van der Waals surface area contributed by atoms with Crippen molar-refractivity contribution in [1.82, 2.24) is 14.7 Å². The molecule has 4 rings (SSSR count). The molecule has 0 saturated carbocycles. The maximum Gasteiger partial charge on any atom is 0.255 e. The fourth-order valence-electron chi connectivity index (χ4n) is 2.94. The summed E-state index contributed by atoms with van der Waals surface area (Å²) in [5.74, 6) is 1.03. The largest absolute Gasteiger partial charge is 0.322 e. The topological polar surface area (TPSA) is 38.1 Å². The van der Waals surface area contributed by atoms with Crippen molar-refractivity contribution in [2.24, 2.45) is 0 Å². The van der Waals surface area contributed by atoms with Gasteiger partial charge in [-0.05, 0) is 29.8 Å². The van der Waals surface area contributed by atoms with Gasteiger partial charge < -0.3 is 4.90 Å². The molecule has 1 atom stereocenters. The van der Waals surface area contributed by atoms with Gasteiger partial charge in [-0.15, -0.1) is 11.8 Å². The van der Waals surface area contributed by atoms with Gasteiger partial charge >= 0.3 is 0 Å². The Morgan fingerprint density at radius 2 is 1.96 bits per heavy atom. The van der Waals surface area contributed by atoms with Gasteiger partial charge in [-0.25, -0.2) is 4.68 Å². The van der Waals surface area contributed by atoms with Crippen molar-refractivity contribution in [3.05, 3.63) is 84.2 Å². The van der Waals surface area contributed by atoms with E-state index in [1.807, 2.05) is 71.4 Å². The van der Waals surface area contributed by atoms with Crippen LogP contribution >= 0.6 is 11.8 Å². The van der Waals surface area contributed by atoms with Crippen LogP contribution in [0.4, 0.5) is 0 Å². The third-order valence-corrected chi connectivity index (χ3v) is 5.36. The van der Waals surface area contributed by atoms with Crippen molar-refractivity contribution in [1.29, 1.82) is 0 Å². The van der Waals surface area contributed by atoms with E-state index in [2.05, 4.69) is 17.2 Å². The molecular weight excluding hydrogens is 318 g/mol. The van der Waals surface area contributed by atoms with Crippen LogP contribution in [0.2, 0.25) is 0 Å². The predicted octanol–water partition coefficient (Wildman–Crippen LogP) is 3.76. The van der Waals surface area contributed by atoms with Gasteiger partial charge in [0.25, 0.3) is 5.91 Å². The highest BCUT2D eigenvalue weighted by Gasteiger charge is 2.31. The summed E-state index contributed by atoms with van der Waals surface area (Å²) in [6.07, 6.45) is 3.61. The van der Waals surface area contributed by atoms with Gasteiger partial charge in [-0.1, -0.05) is 36.4 Å². The van der Waals surface area contributed by atoms with Gasteiger partial charge in [0.2, 0.25) is 0 Å². The van der Waals surface area contributed by atoms with Crippen molar-refractivity contribution in [3.63, 3.8) is 0 Å². The second-order valence-corrected chi connectivity index (χ2v) is 6.82. The quantitative estimate of drug-likeness (QED) is 0.731. The fraction of sp³-hybridized carbons (Fsp3) is 0.158. The molecule has 1 aliphatic rings. The molecule has 120 valence electrons. The van der Waals surface area contributed by atoms with Crippen LogP contribution in [0.5, 0.6) is 0 Å². The van der Waals surface area contributed by atoms with Crippen LogP contribution in [0.25, 0.3) is 5.69 Å². The highest BCUT2D eigenvalue weighted by Crippen LogP contribution is 2.38. The summed E-state index contributed by atoms with van der Waals surface area (Å²) < 4.78 is 1.77. The van der Waals surface area contributed by atoms with Crippen LogP contribution in [-0.2, 0) is 0 Å². The number of carbonyl (C=O) groups is 1. The van der Waals surface area contributed by atoms with Gasteiger partial charge in [0, 0.05) is 30.3 Å². The van der Waals surface area contributed by atoms with E-state index in [-0.39, 0.29) is 11.3 Å². The molecular formula is C19H17N3OS. The molecule has 0 spiro atoms. The summed E-state index contributed by atoms with van der Waals surface area (Å²) in [4.78, 5) is 15.0. The minimum atomic E-state index is 0.0721. The number of rotatable bonds is 3. The molecule has 1 fully saturated rings. The Balaban J connectivity index is 1.62. The fourth-order valence-corrected chi connectivity index (χ4v) is 4.20. The highest BCUT2D eigenvalue weighted by molar-refractivity contribution is 7.99. The molecule has 1 unspecified atom stereocenters. The Hall–Kier alpha value is -2.53. The smallest absolute Gasteiger partial charge is 0.255 e. The lowest BCUT2D eigenvalue weighted by Crippen LogP contribution is -2.30. The Kier molecular flexibility index (Phi) is 4.09. The lowest BCUT2D eigenvalue weighted by Gasteiger charge is -2.24. The molecule has 1 aliphatic heterocycles. The van der Waals surface area contributed by atoms with Crippen molar-refractivity contribution in [3.8, 4) is 5.69 Å². The third-order valence-electron chi connectivity index (χ3n) is 4.10. The van der Waals surface area contributed by atoms with Crippen molar-refractivity contribution >= 4 is 17.7 Å². The van der Waals surface area contributed by atoms with Gasteiger partial charge in [-0.3, -0.25) is 4.79 Å². The minimum absolute atomic E-state index is 0.0721. The normalized spacial score (nSPS) is 17.2. The lowest BCUT2D eigenvalue weighted by atomic mass is 10.1. The van der Waals surface area contributed by atoms with E-state index < -0.39 is 0 Å². The van der Waals surface area contributed by atoms with Gasteiger partial charge in [-0.2, -0.15) is 5.10 Å². The summed E-state index contributed by atoms with van der Waals surface area (Å²) in [6.45, 7) is 0.773. The molecule has 1 amide bonds. The number of thioether (sulfide) groups is 1. The van der Waals surface area contributed by atoms with Gasteiger partial charge in [0.05, 0.1) is 5.69 Å². The lowest BCUT2D eigenvalue weighted by molar-refractivity contribution is 0.0760. The number of hydrogen-bond donors (Lipinski definition) is 0. The predicted molar refractivity (Wildman–Crippen MR) is 96.2 cm³/mol. The van der Waals surface area contributed by atoms with E-state index in [0.29, 0.717) is 5.56 Å². The van der Waals surface area contributed by atoms with Crippen LogP contribution in [-0.4, -0.2) is 32.9 Å². The second kappa shape index (κ2) is 6.53. The van der Waals surface area contributed by atoms with Crippen molar-refractivity contribution < 1.29 is 4.79 Å². The zero-order chi connectivity index (χ0) is 16.4.